The van der Waals surface area contributed by atoms with Gasteiger partial charge in [-0.2, -0.15) is 0 Å². The molecule has 1 aromatic rings. The predicted molar refractivity (Wildman–Crippen MR) is 78.4 cm³/mol. The highest BCUT2D eigenvalue weighted by Gasteiger charge is 2.32. The standard InChI is InChI=1S/C17H26FN/c1-12(2)14-5-4-9-17(19,10-8-14)15-6-7-16(18)13(3)11-15/h6-7,11-12,14H,4-5,8-10,19H2,1-3H3. The van der Waals surface area contributed by atoms with E-state index in [4.69, 9.17) is 5.73 Å². The largest absolute Gasteiger partial charge is 0.321 e. The normalized spacial score (nSPS) is 28.4. The van der Waals surface area contributed by atoms with Crippen molar-refractivity contribution in [3.63, 3.8) is 0 Å². The van der Waals surface area contributed by atoms with Gasteiger partial charge in [0.05, 0.1) is 0 Å². The van der Waals surface area contributed by atoms with Gasteiger partial charge in [-0.25, -0.2) is 4.39 Å². The molecule has 1 aliphatic carbocycles. The number of aryl methyl sites for hydroxylation is 1. The maximum atomic E-state index is 13.4. The topological polar surface area (TPSA) is 26.0 Å². The molecule has 19 heavy (non-hydrogen) atoms. The molecule has 106 valence electrons. The Balaban J connectivity index is 2.20. The van der Waals surface area contributed by atoms with Crippen molar-refractivity contribution in [1.29, 1.82) is 0 Å². The third-order valence-electron chi connectivity index (χ3n) is 4.83. The molecule has 1 aromatic carbocycles. The molecule has 0 aromatic heterocycles. The number of hydrogen-bond donors (Lipinski definition) is 1. The Morgan fingerprint density at radius 1 is 1.26 bits per heavy atom. The van der Waals surface area contributed by atoms with E-state index in [-0.39, 0.29) is 11.4 Å². The van der Waals surface area contributed by atoms with Crippen molar-refractivity contribution in [1.82, 2.24) is 0 Å². The van der Waals surface area contributed by atoms with Crippen molar-refractivity contribution in [3.05, 3.63) is 35.1 Å². The number of hydrogen-bond acceptors (Lipinski definition) is 1. The molecule has 2 rings (SSSR count). The van der Waals surface area contributed by atoms with Gasteiger partial charge in [0.2, 0.25) is 0 Å². The summed E-state index contributed by atoms with van der Waals surface area (Å²) >= 11 is 0. The zero-order valence-corrected chi connectivity index (χ0v) is 12.4. The van der Waals surface area contributed by atoms with Crippen molar-refractivity contribution in [3.8, 4) is 0 Å². The highest BCUT2D eigenvalue weighted by Crippen LogP contribution is 2.38. The van der Waals surface area contributed by atoms with Crippen LogP contribution in [0.3, 0.4) is 0 Å². The van der Waals surface area contributed by atoms with Crippen LogP contribution < -0.4 is 5.73 Å². The molecule has 2 N–H and O–H groups in total. The highest BCUT2D eigenvalue weighted by molar-refractivity contribution is 5.30. The predicted octanol–water partition coefficient (Wildman–Crippen LogP) is 4.52. The van der Waals surface area contributed by atoms with Gasteiger partial charge in [0.1, 0.15) is 5.82 Å². The molecule has 0 radical (unpaired) electrons. The molecular formula is C17H26FN. The monoisotopic (exact) mass is 263 g/mol. The van der Waals surface area contributed by atoms with Crippen molar-refractivity contribution >= 4 is 0 Å². The Morgan fingerprint density at radius 2 is 2.00 bits per heavy atom. The van der Waals surface area contributed by atoms with Crippen LogP contribution >= 0.6 is 0 Å². The zero-order chi connectivity index (χ0) is 14.0. The third kappa shape index (κ3) is 3.17. The first kappa shape index (κ1) is 14.5. The van der Waals surface area contributed by atoms with Crippen molar-refractivity contribution in [2.75, 3.05) is 0 Å². The molecule has 0 bridgehead atoms. The van der Waals surface area contributed by atoms with Gasteiger partial charge in [-0.05, 0) is 55.2 Å². The van der Waals surface area contributed by atoms with Crippen LogP contribution in [-0.2, 0) is 5.54 Å². The van der Waals surface area contributed by atoms with Crippen molar-refractivity contribution in [2.45, 2.75) is 58.4 Å². The van der Waals surface area contributed by atoms with E-state index in [1.165, 1.54) is 19.3 Å². The summed E-state index contributed by atoms with van der Waals surface area (Å²) in [5, 5.41) is 0. The van der Waals surface area contributed by atoms with Gasteiger partial charge in [0.25, 0.3) is 0 Å². The molecule has 1 aliphatic rings. The molecule has 2 heteroatoms. The van der Waals surface area contributed by atoms with Gasteiger partial charge in [-0.3, -0.25) is 0 Å². The second-order valence-corrected chi connectivity index (χ2v) is 6.56. The van der Waals surface area contributed by atoms with Gasteiger partial charge in [0.15, 0.2) is 0 Å². The fourth-order valence-corrected chi connectivity index (χ4v) is 3.30. The lowest BCUT2D eigenvalue weighted by molar-refractivity contribution is 0.325. The summed E-state index contributed by atoms with van der Waals surface area (Å²) in [5.41, 5.74) is 8.19. The highest BCUT2D eigenvalue weighted by atomic mass is 19.1. The van der Waals surface area contributed by atoms with E-state index in [0.717, 1.165) is 30.2 Å². The average Bonchev–Trinajstić information content (AvgIpc) is 2.56. The summed E-state index contributed by atoms with van der Waals surface area (Å²) in [6, 6.07) is 5.37. The lowest BCUT2D eigenvalue weighted by atomic mass is 9.82. The van der Waals surface area contributed by atoms with Gasteiger partial charge in [-0.1, -0.05) is 38.8 Å². The molecule has 2 unspecified atom stereocenters. The fraction of sp³-hybridized carbons (Fsp3) is 0.647. The summed E-state index contributed by atoms with van der Waals surface area (Å²) in [7, 11) is 0. The number of nitrogens with two attached hydrogens (primary N) is 1. The second kappa shape index (κ2) is 5.62. The Hall–Kier alpha value is -0.890. The Morgan fingerprint density at radius 3 is 2.63 bits per heavy atom. The lowest BCUT2D eigenvalue weighted by Gasteiger charge is -2.29. The van der Waals surface area contributed by atoms with E-state index in [0.29, 0.717) is 5.56 Å². The fourth-order valence-electron chi connectivity index (χ4n) is 3.30. The van der Waals surface area contributed by atoms with Gasteiger partial charge < -0.3 is 5.73 Å². The number of rotatable bonds is 2. The van der Waals surface area contributed by atoms with Gasteiger partial charge >= 0.3 is 0 Å². The van der Waals surface area contributed by atoms with Crippen LogP contribution in [0.4, 0.5) is 4.39 Å². The number of benzene rings is 1. The molecule has 0 amide bonds. The summed E-state index contributed by atoms with van der Waals surface area (Å²) < 4.78 is 13.4. The van der Waals surface area contributed by atoms with Crippen LogP contribution in [-0.4, -0.2) is 0 Å². The Kier molecular flexibility index (Phi) is 4.29. The summed E-state index contributed by atoms with van der Waals surface area (Å²) in [6.45, 7) is 6.42. The molecule has 0 saturated heterocycles. The Labute approximate surface area is 116 Å². The Bertz CT molecular complexity index is 441. The maximum absolute atomic E-state index is 13.4. The first-order valence-corrected chi connectivity index (χ1v) is 7.48. The molecule has 0 heterocycles. The minimum atomic E-state index is -0.262. The van der Waals surface area contributed by atoms with Crippen molar-refractivity contribution in [2.24, 2.45) is 17.6 Å². The average molecular weight is 263 g/mol. The summed E-state index contributed by atoms with van der Waals surface area (Å²) in [5.74, 6) is 1.38. The molecule has 2 atom stereocenters. The molecule has 0 spiro atoms. The van der Waals surface area contributed by atoms with E-state index < -0.39 is 0 Å². The quantitative estimate of drug-likeness (QED) is 0.780. The molecule has 0 aliphatic heterocycles. The zero-order valence-electron chi connectivity index (χ0n) is 12.4. The van der Waals surface area contributed by atoms with Crippen LogP contribution in [0.5, 0.6) is 0 Å². The minimum Gasteiger partial charge on any atom is -0.321 e. The van der Waals surface area contributed by atoms with E-state index >= 15 is 0 Å². The molecule has 1 nitrogen and oxygen atoms in total. The molecule has 1 fully saturated rings. The molecular weight excluding hydrogens is 237 g/mol. The minimum absolute atomic E-state index is 0.138. The summed E-state index contributed by atoms with van der Waals surface area (Å²) in [4.78, 5) is 0. The van der Waals surface area contributed by atoms with E-state index in [1.807, 2.05) is 19.1 Å². The van der Waals surface area contributed by atoms with E-state index in [2.05, 4.69) is 13.8 Å². The lowest BCUT2D eigenvalue weighted by Crippen LogP contribution is -2.36. The second-order valence-electron chi connectivity index (χ2n) is 6.56. The summed E-state index contributed by atoms with van der Waals surface area (Å²) in [6.07, 6.45) is 5.67. The first-order valence-electron chi connectivity index (χ1n) is 7.48. The first-order chi connectivity index (χ1) is 8.92. The molecule has 1 saturated carbocycles. The maximum Gasteiger partial charge on any atom is 0.126 e. The van der Waals surface area contributed by atoms with E-state index in [9.17, 15) is 4.39 Å². The van der Waals surface area contributed by atoms with Crippen LogP contribution in [0.15, 0.2) is 18.2 Å². The van der Waals surface area contributed by atoms with Gasteiger partial charge in [-0.15, -0.1) is 0 Å². The number of halogens is 1. The SMILES string of the molecule is Cc1cc(C2(N)CCCC(C(C)C)CC2)ccc1F. The van der Waals surface area contributed by atoms with Crippen LogP contribution in [0.1, 0.15) is 57.1 Å². The van der Waals surface area contributed by atoms with Crippen molar-refractivity contribution < 1.29 is 4.39 Å². The third-order valence-corrected chi connectivity index (χ3v) is 4.83. The van der Waals surface area contributed by atoms with Crippen LogP contribution in [0.2, 0.25) is 0 Å². The van der Waals surface area contributed by atoms with E-state index in [1.54, 1.807) is 6.07 Å². The van der Waals surface area contributed by atoms with Crippen LogP contribution in [0.25, 0.3) is 0 Å². The van der Waals surface area contributed by atoms with Gasteiger partial charge in [0, 0.05) is 5.54 Å². The smallest absolute Gasteiger partial charge is 0.126 e. The van der Waals surface area contributed by atoms with Crippen LogP contribution in [0, 0.1) is 24.6 Å².